The van der Waals surface area contributed by atoms with Crippen molar-refractivity contribution in [3.05, 3.63) is 89.6 Å². The first-order valence-electron chi connectivity index (χ1n) is 8.39. The number of furan rings is 1. The van der Waals surface area contributed by atoms with Gasteiger partial charge in [-0.25, -0.2) is 4.39 Å². The average molecular weight is 339 g/mol. The molecule has 3 aromatic rings. The molecule has 1 aromatic heterocycles. The maximum Gasteiger partial charge on any atom is 0.123 e. The lowest BCUT2D eigenvalue weighted by atomic mass is 9.88. The van der Waals surface area contributed by atoms with E-state index < -0.39 is 0 Å². The van der Waals surface area contributed by atoms with Crippen molar-refractivity contribution in [3.63, 3.8) is 0 Å². The van der Waals surface area contributed by atoms with Gasteiger partial charge in [-0.05, 0) is 60.5 Å². The van der Waals surface area contributed by atoms with E-state index in [2.05, 4.69) is 17.4 Å². The van der Waals surface area contributed by atoms with Gasteiger partial charge in [-0.2, -0.15) is 0 Å². The maximum absolute atomic E-state index is 13.3. The highest BCUT2D eigenvalue weighted by Crippen LogP contribution is 2.29. The Labute approximate surface area is 147 Å². The average Bonchev–Trinajstić information content (AvgIpc) is 3.16. The molecular formula is C21H22FNO2. The fourth-order valence-electron chi connectivity index (χ4n) is 2.93. The minimum Gasteiger partial charge on any atom is -0.497 e. The van der Waals surface area contributed by atoms with Gasteiger partial charge < -0.3 is 14.5 Å². The standard InChI is InChI=1S/C21H22FNO2/c1-24-19-10-6-17(7-11-19)21(16-4-8-18(22)9-5-16)12-13-23-15-20-3-2-14-25-20/h2-11,14,21,23H,12-13,15H2,1H3/t21-/m0/s1. The molecule has 4 heteroatoms. The zero-order chi connectivity index (χ0) is 17.5. The van der Waals surface area contributed by atoms with E-state index >= 15 is 0 Å². The molecule has 3 rings (SSSR count). The van der Waals surface area contributed by atoms with Crippen LogP contribution in [0.4, 0.5) is 4.39 Å². The van der Waals surface area contributed by atoms with Gasteiger partial charge in [0.25, 0.3) is 0 Å². The van der Waals surface area contributed by atoms with E-state index in [9.17, 15) is 4.39 Å². The van der Waals surface area contributed by atoms with Crippen molar-refractivity contribution in [3.8, 4) is 5.75 Å². The summed E-state index contributed by atoms with van der Waals surface area (Å²) in [6, 6.07) is 18.6. The van der Waals surface area contributed by atoms with Crippen molar-refractivity contribution in [2.24, 2.45) is 0 Å². The molecule has 130 valence electrons. The lowest BCUT2D eigenvalue weighted by molar-refractivity contribution is 0.414. The predicted octanol–water partition coefficient (Wildman–Crippen LogP) is 4.74. The molecule has 1 N–H and O–H groups in total. The van der Waals surface area contributed by atoms with Crippen LogP contribution in [0, 0.1) is 5.82 Å². The Morgan fingerprint density at radius 2 is 1.68 bits per heavy atom. The molecule has 25 heavy (non-hydrogen) atoms. The molecule has 0 amide bonds. The van der Waals surface area contributed by atoms with Gasteiger partial charge in [-0.3, -0.25) is 0 Å². The minimum atomic E-state index is -0.215. The fraction of sp³-hybridized carbons (Fsp3) is 0.238. The van der Waals surface area contributed by atoms with Gasteiger partial charge >= 0.3 is 0 Å². The molecule has 0 aliphatic rings. The number of rotatable bonds is 8. The summed E-state index contributed by atoms with van der Waals surface area (Å²) in [5.74, 6) is 1.73. The summed E-state index contributed by atoms with van der Waals surface area (Å²) in [5.41, 5.74) is 2.29. The number of hydrogen-bond donors (Lipinski definition) is 1. The molecule has 0 bridgehead atoms. The highest BCUT2D eigenvalue weighted by atomic mass is 19.1. The van der Waals surface area contributed by atoms with Crippen molar-refractivity contribution in [2.75, 3.05) is 13.7 Å². The second kappa shape index (κ2) is 8.49. The van der Waals surface area contributed by atoms with Crippen molar-refractivity contribution in [2.45, 2.75) is 18.9 Å². The molecule has 0 fully saturated rings. The van der Waals surface area contributed by atoms with Crippen LogP contribution in [0.2, 0.25) is 0 Å². The van der Waals surface area contributed by atoms with Crippen LogP contribution >= 0.6 is 0 Å². The lowest BCUT2D eigenvalue weighted by Crippen LogP contribution is -2.17. The van der Waals surface area contributed by atoms with Crippen LogP contribution in [-0.2, 0) is 6.54 Å². The first-order valence-corrected chi connectivity index (χ1v) is 8.39. The quantitative estimate of drug-likeness (QED) is 0.602. The molecule has 0 aliphatic heterocycles. The SMILES string of the molecule is COc1ccc([C@@H](CCNCc2ccco2)c2ccc(F)cc2)cc1. The van der Waals surface area contributed by atoms with Gasteiger partial charge in [-0.15, -0.1) is 0 Å². The smallest absolute Gasteiger partial charge is 0.123 e. The zero-order valence-electron chi connectivity index (χ0n) is 14.2. The largest absolute Gasteiger partial charge is 0.497 e. The fourth-order valence-corrected chi connectivity index (χ4v) is 2.93. The van der Waals surface area contributed by atoms with Crippen molar-refractivity contribution in [1.29, 1.82) is 0 Å². The molecule has 3 nitrogen and oxygen atoms in total. The van der Waals surface area contributed by atoms with E-state index in [1.54, 1.807) is 13.4 Å². The summed E-state index contributed by atoms with van der Waals surface area (Å²) in [6.45, 7) is 1.53. The summed E-state index contributed by atoms with van der Waals surface area (Å²) < 4.78 is 23.8. The number of nitrogens with one attached hydrogen (secondary N) is 1. The molecule has 2 aromatic carbocycles. The summed E-state index contributed by atoms with van der Waals surface area (Å²) in [4.78, 5) is 0. The third-order valence-corrected chi connectivity index (χ3v) is 4.28. The number of ether oxygens (including phenoxy) is 1. The predicted molar refractivity (Wildman–Crippen MR) is 96.3 cm³/mol. The highest BCUT2D eigenvalue weighted by molar-refractivity contribution is 5.36. The molecule has 0 unspecified atom stereocenters. The molecule has 0 radical (unpaired) electrons. The van der Waals surface area contributed by atoms with Crippen LogP contribution in [0.1, 0.15) is 29.2 Å². The molecule has 0 aliphatic carbocycles. The Hall–Kier alpha value is -2.59. The van der Waals surface area contributed by atoms with Crippen molar-refractivity contribution < 1.29 is 13.5 Å². The Balaban J connectivity index is 1.70. The van der Waals surface area contributed by atoms with Gasteiger partial charge in [0.2, 0.25) is 0 Å². The molecule has 1 atom stereocenters. The van der Waals surface area contributed by atoms with Crippen LogP contribution < -0.4 is 10.1 Å². The Kier molecular flexibility index (Phi) is 5.86. The van der Waals surface area contributed by atoms with E-state index in [0.29, 0.717) is 6.54 Å². The summed E-state index contributed by atoms with van der Waals surface area (Å²) in [7, 11) is 1.66. The number of halogens is 1. The van der Waals surface area contributed by atoms with E-state index in [4.69, 9.17) is 9.15 Å². The van der Waals surface area contributed by atoms with Gasteiger partial charge in [0.05, 0.1) is 19.9 Å². The molecular weight excluding hydrogens is 317 g/mol. The molecule has 0 saturated carbocycles. The van der Waals surface area contributed by atoms with Crippen LogP contribution in [0.3, 0.4) is 0 Å². The third-order valence-electron chi connectivity index (χ3n) is 4.28. The Morgan fingerprint density at radius 3 is 2.28 bits per heavy atom. The van der Waals surface area contributed by atoms with Crippen LogP contribution in [0.5, 0.6) is 5.75 Å². The van der Waals surface area contributed by atoms with Gasteiger partial charge in [0, 0.05) is 5.92 Å². The van der Waals surface area contributed by atoms with Crippen LogP contribution in [0.15, 0.2) is 71.3 Å². The van der Waals surface area contributed by atoms with Crippen molar-refractivity contribution >= 4 is 0 Å². The van der Waals surface area contributed by atoms with E-state index in [1.807, 2.05) is 36.4 Å². The van der Waals surface area contributed by atoms with Gasteiger partial charge in [0.1, 0.15) is 17.3 Å². The van der Waals surface area contributed by atoms with Crippen LogP contribution in [0.25, 0.3) is 0 Å². The normalized spacial score (nSPS) is 12.1. The van der Waals surface area contributed by atoms with Gasteiger partial charge in [-0.1, -0.05) is 24.3 Å². The minimum absolute atomic E-state index is 0.190. The molecule has 1 heterocycles. The lowest BCUT2D eigenvalue weighted by Gasteiger charge is -2.19. The number of hydrogen-bond acceptors (Lipinski definition) is 3. The summed E-state index contributed by atoms with van der Waals surface area (Å²) in [5, 5.41) is 3.40. The Bertz CT molecular complexity index is 752. The van der Waals surface area contributed by atoms with E-state index in [-0.39, 0.29) is 11.7 Å². The monoisotopic (exact) mass is 339 g/mol. The van der Waals surface area contributed by atoms with Crippen molar-refractivity contribution in [1.82, 2.24) is 5.32 Å². The van der Waals surface area contributed by atoms with E-state index in [1.165, 1.54) is 17.7 Å². The maximum atomic E-state index is 13.3. The number of methoxy groups -OCH3 is 1. The second-order valence-corrected chi connectivity index (χ2v) is 5.92. The summed E-state index contributed by atoms with van der Waals surface area (Å²) in [6.07, 6.45) is 2.58. The Morgan fingerprint density at radius 1 is 1.00 bits per heavy atom. The topological polar surface area (TPSA) is 34.4 Å². The summed E-state index contributed by atoms with van der Waals surface area (Å²) >= 11 is 0. The number of benzene rings is 2. The van der Waals surface area contributed by atoms with Crippen LogP contribution in [-0.4, -0.2) is 13.7 Å². The van der Waals surface area contributed by atoms with E-state index in [0.717, 1.165) is 30.0 Å². The third kappa shape index (κ3) is 4.70. The highest BCUT2D eigenvalue weighted by Gasteiger charge is 2.14. The zero-order valence-corrected chi connectivity index (χ0v) is 14.2. The second-order valence-electron chi connectivity index (χ2n) is 5.92. The van der Waals surface area contributed by atoms with Gasteiger partial charge in [0.15, 0.2) is 0 Å². The first kappa shape index (κ1) is 17.2. The molecule has 0 saturated heterocycles. The first-order chi connectivity index (χ1) is 12.3. The molecule has 0 spiro atoms.